The third-order valence-corrected chi connectivity index (χ3v) is 6.96. The van der Waals surface area contributed by atoms with Crippen LogP contribution in [0.3, 0.4) is 0 Å². The molecule has 3 heterocycles. The first kappa shape index (κ1) is 17.9. The van der Waals surface area contributed by atoms with Gasteiger partial charge in [0.1, 0.15) is 0 Å². The van der Waals surface area contributed by atoms with Gasteiger partial charge in [-0.1, -0.05) is 0 Å². The van der Waals surface area contributed by atoms with E-state index in [4.69, 9.17) is 0 Å². The molecule has 10 heteroatoms. The molecule has 1 aromatic heterocycles. The fraction of sp³-hybridized carbons (Fsp3) is 0.667. The molecule has 1 aromatic rings. The number of carbonyl (C=O) groups excluding carboxylic acids is 1. The number of sulfonamides is 1. The molecule has 0 unspecified atom stereocenters. The number of hydrogen-bond donors (Lipinski definition) is 2. The van der Waals surface area contributed by atoms with Crippen LogP contribution in [0.15, 0.2) is 20.7 Å². The summed E-state index contributed by atoms with van der Waals surface area (Å²) in [5, 5.41) is 0. The second-order valence-corrected chi connectivity index (χ2v) is 8.91. The smallest absolute Gasteiger partial charge is 0.325 e. The molecule has 138 valence electrons. The van der Waals surface area contributed by atoms with E-state index in [2.05, 4.69) is 4.98 Å². The molecule has 2 saturated heterocycles. The van der Waals surface area contributed by atoms with Crippen LogP contribution in [0.25, 0.3) is 0 Å². The maximum absolute atomic E-state index is 12.9. The zero-order valence-corrected chi connectivity index (χ0v) is 15.1. The molecule has 0 aliphatic carbocycles. The molecule has 3 rings (SSSR count). The highest BCUT2D eigenvalue weighted by atomic mass is 32.2. The first-order chi connectivity index (χ1) is 11.7. The van der Waals surface area contributed by atoms with Gasteiger partial charge in [-0.2, -0.15) is 4.31 Å². The number of nitrogens with zero attached hydrogens (tertiary/aromatic N) is 2. The van der Waals surface area contributed by atoms with Gasteiger partial charge in [0.05, 0.1) is 5.41 Å². The highest BCUT2D eigenvalue weighted by Crippen LogP contribution is 2.42. The topological polar surface area (TPSA) is 123 Å². The molecule has 1 spiro atoms. The molecular weight excluding hydrogens is 348 g/mol. The maximum Gasteiger partial charge on any atom is 0.325 e. The van der Waals surface area contributed by atoms with Crippen molar-refractivity contribution in [2.24, 2.45) is 5.41 Å². The van der Waals surface area contributed by atoms with Gasteiger partial charge in [-0.05, 0) is 33.1 Å². The number of H-pyrrole nitrogens is 2. The van der Waals surface area contributed by atoms with Crippen LogP contribution in [0.5, 0.6) is 0 Å². The zero-order valence-electron chi connectivity index (χ0n) is 14.2. The molecule has 9 nitrogen and oxygen atoms in total. The van der Waals surface area contributed by atoms with Crippen molar-refractivity contribution in [1.82, 2.24) is 19.2 Å². The Kier molecular flexibility index (Phi) is 4.36. The van der Waals surface area contributed by atoms with E-state index in [0.29, 0.717) is 19.4 Å². The predicted octanol–water partition coefficient (Wildman–Crippen LogP) is -0.525. The summed E-state index contributed by atoms with van der Waals surface area (Å²) in [5.41, 5.74) is -2.44. The molecule has 1 amide bonds. The lowest BCUT2D eigenvalue weighted by molar-refractivity contribution is -0.147. The summed E-state index contributed by atoms with van der Waals surface area (Å²) in [6.07, 6.45) is 2.82. The van der Waals surface area contributed by atoms with Crippen molar-refractivity contribution in [2.75, 3.05) is 19.6 Å². The number of piperidine rings is 1. The van der Waals surface area contributed by atoms with Gasteiger partial charge in [0.25, 0.3) is 5.56 Å². The van der Waals surface area contributed by atoms with E-state index in [-0.39, 0.29) is 25.0 Å². The Balaban J connectivity index is 1.90. The second-order valence-electron chi connectivity index (χ2n) is 7.00. The molecular formula is C15H22N4O5S. The SMILES string of the molecule is CC(C)N1CCC[C@]2(CCN(S(=O)(=O)c3c[nH]c(=O)[nH]c3=O)C2)C1=O. The van der Waals surface area contributed by atoms with Crippen LogP contribution in [-0.2, 0) is 14.8 Å². The molecule has 0 bridgehead atoms. The van der Waals surface area contributed by atoms with Crippen molar-refractivity contribution in [3.63, 3.8) is 0 Å². The van der Waals surface area contributed by atoms with Crippen molar-refractivity contribution in [3.8, 4) is 0 Å². The Morgan fingerprint density at radius 2 is 1.88 bits per heavy atom. The van der Waals surface area contributed by atoms with Crippen LogP contribution in [-0.4, -0.2) is 59.2 Å². The van der Waals surface area contributed by atoms with Gasteiger partial charge in [0.15, 0.2) is 4.90 Å². The average Bonchev–Trinajstić information content (AvgIpc) is 2.95. The molecule has 2 N–H and O–H groups in total. The highest BCUT2D eigenvalue weighted by molar-refractivity contribution is 7.89. The third kappa shape index (κ3) is 2.93. The zero-order chi connectivity index (χ0) is 18.4. The van der Waals surface area contributed by atoms with Crippen LogP contribution < -0.4 is 11.2 Å². The Bertz CT molecular complexity index is 903. The van der Waals surface area contributed by atoms with Gasteiger partial charge in [0.2, 0.25) is 15.9 Å². The van der Waals surface area contributed by atoms with E-state index >= 15 is 0 Å². The third-order valence-electron chi connectivity index (χ3n) is 5.11. The maximum atomic E-state index is 12.9. The van der Waals surface area contributed by atoms with Gasteiger partial charge in [0, 0.05) is 31.9 Å². The summed E-state index contributed by atoms with van der Waals surface area (Å²) in [7, 11) is -4.07. The first-order valence-corrected chi connectivity index (χ1v) is 9.75. The van der Waals surface area contributed by atoms with Crippen LogP contribution in [0.2, 0.25) is 0 Å². The lowest BCUT2D eigenvalue weighted by atomic mass is 9.78. The fourth-order valence-corrected chi connectivity index (χ4v) is 5.26. The molecule has 0 aromatic carbocycles. The number of likely N-dealkylation sites (tertiary alicyclic amines) is 1. The molecule has 0 saturated carbocycles. The van der Waals surface area contributed by atoms with E-state index in [1.807, 2.05) is 18.8 Å². The average molecular weight is 370 g/mol. The Morgan fingerprint density at radius 1 is 1.16 bits per heavy atom. The standard InChI is InChI=1S/C15H22N4O5S/c1-10(2)19-6-3-4-15(13(19)21)5-7-18(9-15)25(23,24)11-8-16-14(22)17-12(11)20/h8,10H,3-7,9H2,1-2H3,(H2,16,17,20,22)/t15-/m1/s1. The molecule has 2 aliphatic heterocycles. The monoisotopic (exact) mass is 370 g/mol. The summed E-state index contributed by atoms with van der Waals surface area (Å²) in [4.78, 5) is 41.3. The minimum Gasteiger partial charge on any atom is -0.340 e. The molecule has 2 fully saturated rings. The minimum atomic E-state index is -4.07. The predicted molar refractivity (Wildman–Crippen MR) is 89.6 cm³/mol. The van der Waals surface area contributed by atoms with Gasteiger partial charge in [-0.25, -0.2) is 13.2 Å². The van der Waals surface area contributed by atoms with Crippen LogP contribution in [0.4, 0.5) is 0 Å². The Morgan fingerprint density at radius 3 is 2.52 bits per heavy atom. The minimum absolute atomic E-state index is 0.0122. The second kappa shape index (κ2) is 6.10. The lowest BCUT2D eigenvalue weighted by Gasteiger charge is -2.41. The van der Waals surface area contributed by atoms with E-state index in [1.165, 1.54) is 4.31 Å². The van der Waals surface area contributed by atoms with Gasteiger partial charge < -0.3 is 9.88 Å². The van der Waals surface area contributed by atoms with Crippen LogP contribution in [0, 0.1) is 5.41 Å². The molecule has 1 atom stereocenters. The lowest BCUT2D eigenvalue weighted by Crippen LogP contribution is -2.52. The largest absolute Gasteiger partial charge is 0.340 e. The summed E-state index contributed by atoms with van der Waals surface area (Å²) in [6, 6.07) is 0.0670. The number of rotatable bonds is 3. The van der Waals surface area contributed by atoms with Crippen molar-refractivity contribution in [1.29, 1.82) is 0 Å². The van der Waals surface area contributed by atoms with Gasteiger partial charge >= 0.3 is 5.69 Å². The van der Waals surface area contributed by atoms with E-state index in [0.717, 1.165) is 12.6 Å². The van der Waals surface area contributed by atoms with E-state index in [9.17, 15) is 22.8 Å². The fourth-order valence-electron chi connectivity index (χ4n) is 3.74. The molecule has 2 aliphatic rings. The number of nitrogens with one attached hydrogen (secondary N) is 2. The van der Waals surface area contributed by atoms with Crippen LogP contribution in [0.1, 0.15) is 33.1 Å². The molecule has 0 radical (unpaired) electrons. The summed E-state index contributed by atoms with van der Waals surface area (Å²) in [5.74, 6) is -0.0122. The van der Waals surface area contributed by atoms with Crippen molar-refractivity contribution < 1.29 is 13.2 Å². The Hall–Kier alpha value is -1.94. The van der Waals surface area contributed by atoms with E-state index in [1.54, 1.807) is 4.90 Å². The molecule has 25 heavy (non-hydrogen) atoms. The van der Waals surface area contributed by atoms with Crippen molar-refractivity contribution >= 4 is 15.9 Å². The van der Waals surface area contributed by atoms with Crippen molar-refractivity contribution in [3.05, 3.63) is 27.0 Å². The number of aromatic amines is 2. The van der Waals surface area contributed by atoms with Crippen molar-refractivity contribution in [2.45, 2.75) is 44.0 Å². The summed E-state index contributed by atoms with van der Waals surface area (Å²) >= 11 is 0. The highest BCUT2D eigenvalue weighted by Gasteiger charge is 2.51. The first-order valence-electron chi connectivity index (χ1n) is 8.31. The quantitative estimate of drug-likeness (QED) is 0.741. The number of hydrogen-bond acceptors (Lipinski definition) is 5. The van der Waals surface area contributed by atoms with Gasteiger partial charge in [-0.3, -0.25) is 14.6 Å². The summed E-state index contributed by atoms with van der Waals surface area (Å²) < 4.78 is 26.7. The number of aromatic nitrogens is 2. The number of carbonyl (C=O) groups is 1. The summed E-state index contributed by atoms with van der Waals surface area (Å²) in [6.45, 7) is 4.82. The normalized spacial score (nSPS) is 25.2. The van der Waals surface area contributed by atoms with Gasteiger partial charge in [-0.15, -0.1) is 0 Å². The number of amides is 1. The van der Waals surface area contributed by atoms with Crippen LogP contribution >= 0.6 is 0 Å². The van der Waals surface area contributed by atoms with E-state index < -0.39 is 31.6 Å². The Labute approximate surface area is 145 Å².